The largest absolute Gasteiger partial charge is 0.493 e. The molecule has 4 rings (SSSR count). The van der Waals surface area contributed by atoms with Crippen LogP contribution in [0.3, 0.4) is 0 Å². The van der Waals surface area contributed by atoms with E-state index in [1.807, 2.05) is 23.1 Å². The molecule has 1 aromatic heterocycles. The topological polar surface area (TPSA) is 74.3 Å². The molecule has 0 saturated carbocycles. The van der Waals surface area contributed by atoms with Crippen LogP contribution in [0.2, 0.25) is 0 Å². The lowest BCUT2D eigenvalue weighted by Crippen LogP contribution is -2.50. The Kier molecular flexibility index (Phi) is 4.65. The second-order valence-electron chi connectivity index (χ2n) is 6.68. The van der Waals surface area contributed by atoms with Gasteiger partial charge in [-0.05, 0) is 24.5 Å². The number of para-hydroxylation sites is 1. The van der Waals surface area contributed by atoms with Crippen LogP contribution in [0.5, 0.6) is 5.75 Å². The fraction of sp³-hybridized carbons (Fsp3) is 0.500. The van der Waals surface area contributed by atoms with E-state index in [0.29, 0.717) is 6.61 Å². The van der Waals surface area contributed by atoms with Gasteiger partial charge in [-0.25, -0.2) is 4.98 Å². The normalized spacial score (nSPS) is 21.3. The molecule has 0 radical (unpaired) electrons. The van der Waals surface area contributed by atoms with Gasteiger partial charge in [-0.1, -0.05) is 18.2 Å². The van der Waals surface area contributed by atoms with Crippen molar-refractivity contribution in [3.05, 3.63) is 42.0 Å². The molecular weight excluding hydrogens is 318 g/mol. The third kappa shape index (κ3) is 3.66. The predicted octanol–water partition coefficient (Wildman–Crippen LogP) is 1.09. The van der Waals surface area contributed by atoms with Crippen LogP contribution in [0.15, 0.2) is 30.6 Å². The number of aromatic amines is 1. The van der Waals surface area contributed by atoms with Gasteiger partial charge >= 0.3 is 0 Å². The molecule has 132 valence electrons. The van der Waals surface area contributed by atoms with Gasteiger partial charge in [0, 0.05) is 32.1 Å². The molecule has 0 bridgehead atoms. The summed E-state index contributed by atoms with van der Waals surface area (Å²) >= 11 is 0. The smallest absolute Gasteiger partial charge is 0.226 e. The van der Waals surface area contributed by atoms with Crippen LogP contribution >= 0.6 is 0 Å². The summed E-state index contributed by atoms with van der Waals surface area (Å²) in [5.41, 5.74) is 1.14. The van der Waals surface area contributed by atoms with E-state index in [1.54, 1.807) is 0 Å². The van der Waals surface area contributed by atoms with E-state index in [1.165, 1.54) is 6.33 Å². The van der Waals surface area contributed by atoms with E-state index in [-0.39, 0.29) is 11.8 Å². The van der Waals surface area contributed by atoms with E-state index in [4.69, 9.17) is 4.74 Å². The Morgan fingerprint density at radius 3 is 2.88 bits per heavy atom. The summed E-state index contributed by atoms with van der Waals surface area (Å²) < 4.78 is 5.80. The minimum Gasteiger partial charge on any atom is -0.493 e. The molecule has 0 aliphatic carbocycles. The molecule has 1 fully saturated rings. The maximum atomic E-state index is 13.0. The Morgan fingerprint density at radius 1 is 1.24 bits per heavy atom. The maximum absolute atomic E-state index is 13.0. The maximum Gasteiger partial charge on any atom is 0.226 e. The van der Waals surface area contributed by atoms with Crippen LogP contribution < -0.4 is 4.74 Å². The number of hydrogen-bond donors (Lipinski definition) is 1. The van der Waals surface area contributed by atoms with E-state index in [0.717, 1.165) is 62.7 Å². The summed E-state index contributed by atoms with van der Waals surface area (Å²) in [6, 6.07) is 8.05. The number of aromatic nitrogens is 3. The van der Waals surface area contributed by atoms with E-state index < -0.39 is 0 Å². The first-order valence-electron chi connectivity index (χ1n) is 8.85. The zero-order valence-electron chi connectivity index (χ0n) is 14.2. The predicted molar refractivity (Wildman–Crippen MR) is 92.0 cm³/mol. The molecule has 3 heterocycles. The first-order chi connectivity index (χ1) is 12.3. The molecule has 7 nitrogen and oxygen atoms in total. The van der Waals surface area contributed by atoms with Crippen LogP contribution in [0.1, 0.15) is 17.8 Å². The number of rotatable bonds is 3. The molecule has 7 heteroatoms. The highest BCUT2D eigenvalue weighted by molar-refractivity contribution is 5.79. The van der Waals surface area contributed by atoms with Gasteiger partial charge < -0.3 is 9.64 Å². The molecule has 2 aliphatic heterocycles. The van der Waals surface area contributed by atoms with Gasteiger partial charge in [-0.2, -0.15) is 5.10 Å². The summed E-state index contributed by atoms with van der Waals surface area (Å²) in [6.07, 6.45) is 3.08. The summed E-state index contributed by atoms with van der Waals surface area (Å²) in [5.74, 6) is 2.08. The molecule has 0 unspecified atom stereocenters. The summed E-state index contributed by atoms with van der Waals surface area (Å²) in [6.45, 7) is 4.64. The third-order valence-corrected chi connectivity index (χ3v) is 5.03. The third-order valence-electron chi connectivity index (χ3n) is 5.03. The molecule has 25 heavy (non-hydrogen) atoms. The molecule has 1 amide bonds. The van der Waals surface area contributed by atoms with E-state index in [9.17, 15) is 4.79 Å². The number of nitrogens with zero attached hydrogens (tertiary/aromatic N) is 4. The van der Waals surface area contributed by atoms with Crippen molar-refractivity contribution in [3.63, 3.8) is 0 Å². The highest BCUT2D eigenvalue weighted by Crippen LogP contribution is 2.27. The van der Waals surface area contributed by atoms with Gasteiger partial charge in [-0.15, -0.1) is 0 Å². The monoisotopic (exact) mass is 341 g/mol. The first-order valence-corrected chi connectivity index (χ1v) is 8.85. The van der Waals surface area contributed by atoms with Crippen molar-refractivity contribution in [2.24, 2.45) is 5.92 Å². The van der Waals surface area contributed by atoms with Crippen LogP contribution in [0, 0.1) is 5.92 Å². The number of carbonyl (C=O) groups excluding carboxylic acids is 1. The summed E-state index contributed by atoms with van der Waals surface area (Å²) in [7, 11) is 0. The zero-order valence-corrected chi connectivity index (χ0v) is 14.2. The standard InChI is InChI=1S/C18H23N5O2/c24-18(15-5-10-25-16-4-2-1-3-14(16)11-15)23-8-6-22(7-9-23)12-17-19-13-20-21-17/h1-4,13,15H,5-12H2,(H,19,20,21)/t15-/m0/s1. The lowest BCUT2D eigenvalue weighted by Gasteiger charge is -2.35. The van der Waals surface area contributed by atoms with Crippen molar-refractivity contribution in [2.75, 3.05) is 32.8 Å². The van der Waals surface area contributed by atoms with Gasteiger partial charge in [0.25, 0.3) is 0 Å². The first kappa shape index (κ1) is 16.1. The average Bonchev–Trinajstić information content (AvgIpc) is 3.05. The average molecular weight is 341 g/mol. The Bertz CT molecular complexity index is 710. The second-order valence-corrected chi connectivity index (χ2v) is 6.68. The fourth-order valence-electron chi connectivity index (χ4n) is 3.61. The SMILES string of the molecule is O=C([C@H]1CCOc2ccccc2C1)N1CCN(Cc2ncn[nH]2)CC1. The van der Waals surface area contributed by atoms with Gasteiger partial charge in [0.05, 0.1) is 13.2 Å². The van der Waals surface area contributed by atoms with E-state index >= 15 is 0 Å². The Hall–Kier alpha value is -2.41. The molecule has 1 N–H and O–H groups in total. The Balaban J connectivity index is 1.34. The highest BCUT2D eigenvalue weighted by Gasteiger charge is 2.29. The quantitative estimate of drug-likeness (QED) is 0.905. The van der Waals surface area contributed by atoms with E-state index in [2.05, 4.69) is 26.1 Å². The lowest BCUT2D eigenvalue weighted by molar-refractivity contribution is -0.137. The van der Waals surface area contributed by atoms with Crippen LogP contribution in [-0.4, -0.2) is 63.7 Å². The van der Waals surface area contributed by atoms with Crippen molar-refractivity contribution in [1.29, 1.82) is 0 Å². The van der Waals surface area contributed by atoms with Crippen molar-refractivity contribution in [2.45, 2.75) is 19.4 Å². The molecule has 1 saturated heterocycles. The van der Waals surface area contributed by atoms with Gasteiger partial charge in [0.2, 0.25) is 5.91 Å². The van der Waals surface area contributed by atoms with Gasteiger partial charge in [0.1, 0.15) is 17.9 Å². The Labute approximate surface area is 147 Å². The second kappa shape index (κ2) is 7.23. The number of piperazine rings is 1. The molecule has 0 spiro atoms. The number of ether oxygens (including phenoxy) is 1. The van der Waals surface area contributed by atoms with Crippen molar-refractivity contribution >= 4 is 5.91 Å². The number of H-pyrrole nitrogens is 1. The lowest BCUT2D eigenvalue weighted by atomic mass is 9.95. The molecular formula is C18H23N5O2. The van der Waals surface area contributed by atoms with Crippen LogP contribution in [-0.2, 0) is 17.8 Å². The minimum absolute atomic E-state index is 0.0180. The van der Waals surface area contributed by atoms with Crippen molar-refractivity contribution < 1.29 is 9.53 Å². The van der Waals surface area contributed by atoms with Crippen LogP contribution in [0.25, 0.3) is 0 Å². The molecule has 1 atom stereocenters. The molecule has 2 aliphatic rings. The summed E-state index contributed by atoms with van der Waals surface area (Å²) in [4.78, 5) is 21.4. The number of carbonyl (C=O) groups is 1. The number of nitrogens with one attached hydrogen (secondary N) is 1. The van der Waals surface area contributed by atoms with Crippen molar-refractivity contribution in [3.8, 4) is 5.75 Å². The highest BCUT2D eigenvalue weighted by atomic mass is 16.5. The van der Waals surface area contributed by atoms with Gasteiger partial charge in [-0.3, -0.25) is 14.8 Å². The number of benzene rings is 1. The summed E-state index contributed by atoms with van der Waals surface area (Å²) in [5, 5.41) is 6.77. The molecule has 1 aromatic carbocycles. The van der Waals surface area contributed by atoms with Gasteiger partial charge in [0.15, 0.2) is 0 Å². The zero-order chi connectivity index (χ0) is 17.1. The number of hydrogen-bond acceptors (Lipinski definition) is 5. The number of amides is 1. The molecule has 2 aromatic rings. The van der Waals surface area contributed by atoms with Crippen LogP contribution in [0.4, 0.5) is 0 Å². The minimum atomic E-state index is 0.0180. The Morgan fingerprint density at radius 2 is 2.08 bits per heavy atom. The fourth-order valence-corrected chi connectivity index (χ4v) is 3.61. The number of fused-ring (bicyclic) bond motifs is 1. The van der Waals surface area contributed by atoms with Crippen molar-refractivity contribution in [1.82, 2.24) is 25.0 Å².